The van der Waals surface area contributed by atoms with E-state index in [9.17, 15) is 5.26 Å². The molecule has 1 heterocycles. The van der Waals surface area contributed by atoms with Crippen LogP contribution in [-0.2, 0) is 0 Å². The lowest BCUT2D eigenvalue weighted by molar-refractivity contribution is 1.29. The van der Waals surface area contributed by atoms with Crippen LogP contribution in [0, 0.1) is 17.9 Å². The number of fused-ring (bicyclic) bond motifs is 5. The Balaban J connectivity index is 1.23. The number of nitriles is 1. The highest BCUT2D eigenvalue weighted by Gasteiger charge is 2.21. The summed E-state index contributed by atoms with van der Waals surface area (Å²) in [5.74, 6) is 0. The maximum absolute atomic E-state index is 9.60. The van der Waals surface area contributed by atoms with Gasteiger partial charge in [-0.1, -0.05) is 103 Å². The summed E-state index contributed by atoms with van der Waals surface area (Å²) >= 11 is 1.80. The first-order valence-corrected chi connectivity index (χ1v) is 18.2. The minimum Gasteiger partial charge on any atom is -0.311 e. The summed E-state index contributed by atoms with van der Waals surface area (Å²) in [5.41, 5.74) is 9.74. The smallest absolute Gasteiger partial charge is 0.187 e. The second kappa shape index (κ2) is 13.5. The summed E-state index contributed by atoms with van der Waals surface area (Å²) in [6, 6.07) is 65.1. The van der Waals surface area contributed by atoms with Gasteiger partial charge in [0.2, 0.25) is 0 Å². The quantitative estimate of drug-likeness (QED) is 0.156. The molecule has 0 saturated heterocycles. The van der Waals surface area contributed by atoms with Crippen LogP contribution in [0.25, 0.3) is 46.9 Å². The van der Waals surface area contributed by atoms with Crippen LogP contribution < -0.4 is 9.80 Å². The number of anilines is 6. The van der Waals surface area contributed by atoms with Gasteiger partial charge in [-0.25, -0.2) is 4.85 Å². The number of para-hydroxylation sites is 1. The molecule has 248 valence electrons. The van der Waals surface area contributed by atoms with Crippen molar-refractivity contribution in [2.75, 3.05) is 9.80 Å². The Labute approximate surface area is 312 Å². The van der Waals surface area contributed by atoms with Gasteiger partial charge in [0.1, 0.15) is 0 Å². The molecular weight excluding hydrogens is 665 g/mol. The van der Waals surface area contributed by atoms with Gasteiger partial charge in [0, 0.05) is 54.0 Å². The lowest BCUT2D eigenvalue weighted by atomic mass is 10.00. The van der Waals surface area contributed by atoms with Crippen molar-refractivity contribution in [3.8, 4) is 17.2 Å². The first-order chi connectivity index (χ1) is 26.2. The summed E-state index contributed by atoms with van der Waals surface area (Å²) < 4.78 is 2.38. The summed E-state index contributed by atoms with van der Waals surface area (Å²) in [6.07, 6.45) is 0. The standard InChI is InChI=1S/C48H30N4S/c1-50-36-20-26-38(27-21-36)51(37-12-6-3-7-13-37)41-28-29-44-46(30-41)53-47-31-45(42-14-8-9-15-43(42)48(44)47)52(39-22-16-33(32-49)17-23-39)40-24-18-35(19-25-40)34-10-4-2-5-11-34/h2-31H. The van der Waals surface area contributed by atoms with Crippen LogP contribution in [0.1, 0.15) is 5.56 Å². The van der Waals surface area contributed by atoms with Crippen LogP contribution in [0.2, 0.25) is 0 Å². The van der Waals surface area contributed by atoms with Gasteiger partial charge in [-0.3, -0.25) is 0 Å². The molecule has 0 radical (unpaired) electrons. The van der Waals surface area contributed by atoms with E-state index in [0.717, 1.165) is 45.1 Å². The molecule has 0 aliphatic carbocycles. The Morgan fingerprint density at radius 3 is 1.70 bits per heavy atom. The molecule has 0 bridgehead atoms. The average Bonchev–Trinajstić information content (AvgIpc) is 3.60. The Morgan fingerprint density at radius 1 is 0.472 bits per heavy atom. The zero-order chi connectivity index (χ0) is 35.7. The monoisotopic (exact) mass is 694 g/mol. The second-order valence-corrected chi connectivity index (χ2v) is 13.9. The van der Waals surface area contributed by atoms with Crippen molar-refractivity contribution in [1.29, 1.82) is 5.26 Å². The normalized spacial score (nSPS) is 11.0. The van der Waals surface area contributed by atoms with Crippen molar-refractivity contribution in [3.05, 3.63) is 199 Å². The zero-order valence-electron chi connectivity index (χ0n) is 28.5. The molecule has 0 fully saturated rings. The number of hydrogen-bond acceptors (Lipinski definition) is 4. The Bertz CT molecular complexity index is 2830. The molecule has 9 aromatic rings. The van der Waals surface area contributed by atoms with E-state index in [1.165, 1.54) is 31.1 Å². The number of thiophene rings is 1. The number of nitrogens with zero attached hydrogens (tertiary/aromatic N) is 4. The third kappa shape index (κ3) is 5.82. The van der Waals surface area contributed by atoms with Crippen molar-refractivity contribution in [1.82, 2.24) is 0 Å². The number of benzene rings is 8. The molecule has 0 spiro atoms. The Morgan fingerprint density at radius 2 is 1.02 bits per heavy atom. The fourth-order valence-corrected chi connectivity index (χ4v) is 8.37. The molecule has 53 heavy (non-hydrogen) atoms. The highest BCUT2D eigenvalue weighted by molar-refractivity contribution is 7.26. The third-order valence-electron chi connectivity index (χ3n) is 9.68. The van der Waals surface area contributed by atoms with Gasteiger partial charge in [0.15, 0.2) is 5.69 Å². The Kier molecular flexibility index (Phi) is 8.10. The van der Waals surface area contributed by atoms with E-state index in [1.54, 1.807) is 11.3 Å². The molecule has 5 heteroatoms. The first-order valence-electron chi connectivity index (χ1n) is 17.3. The maximum Gasteiger partial charge on any atom is 0.187 e. The lowest BCUT2D eigenvalue weighted by Crippen LogP contribution is -2.10. The van der Waals surface area contributed by atoms with Crippen LogP contribution in [0.15, 0.2) is 182 Å². The minimum atomic E-state index is 0.617. The highest BCUT2D eigenvalue weighted by atomic mass is 32.1. The van der Waals surface area contributed by atoms with E-state index < -0.39 is 0 Å². The average molecular weight is 695 g/mol. The van der Waals surface area contributed by atoms with Gasteiger partial charge in [-0.05, 0) is 95.4 Å². The van der Waals surface area contributed by atoms with Gasteiger partial charge < -0.3 is 9.80 Å². The van der Waals surface area contributed by atoms with Crippen molar-refractivity contribution in [2.24, 2.45) is 0 Å². The van der Waals surface area contributed by atoms with Crippen molar-refractivity contribution < 1.29 is 0 Å². The van der Waals surface area contributed by atoms with E-state index in [2.05, 4.69) is 142 Å². The predicted molar refractivity (Wildman–Crippen MR) is 223 cm³/mol. The molecule has 1 aromatic heterocycles. The fraction of sp³-hybridized carbons (Fsp3) is 0. The van der Waals surface area contributed by atoms with Crippen LogP contribution in [0.3, 0.4) is 0 Å². The van der Waals surface area contributed by atoms with E-state index in [4.69, 9.17) is 6.57 Å². The molecule has 4 nitrogen and oxygen atoms in total. The van der Waals surface area contributed by atoms with E-state index >= 15 is 0 Å². The molecule has 0 amide bonds. The molecule has 0 aliphatic rings. The largest absolute Gasteiger partial charge is 0.311 e. The van der Waals surface area contributed by atoms with E-state index in [-0.39, 0.29) is 0 Å². The molecular formula is C48H30N4S. The van der Waals surface area contributed by atoms with E-state index in [0.29, 0.717) is 11.3 Å². The van der Waals surface area contributed by atoms with Crippen LogP contribution in [0.5, 0.6) is 0 Å². The summed E-state index contributed by atoms with van der Waals surface area (Å²) in [7, 11) is 0. The summed E-state index contributed by atoms with van der Waals surface area (Å²) in [6.45, 7) is 7.45. The molecule has 9 rings (SSSR count). The fourth-order valence-electron chi connectivity index (χ4n) is 7.18. The molecule has 0 aliphatic heterocycles. The second-order valence-electron chi connectivity index (χ2n) is 12.8. The summed E-state index contributed by atoms with van der Waals surface area (Å²) in [5, 5.41) is 14.4. The van der Waals surface area contributed by atoms with Gasteiger partial charge in [0.25, 0.3) is 0 Å². The van der Waals surface area contributed by atoms with Crippen molar-refractivity contribution in [2.45, 2.75) is 0 Å². The summed E-state index contributed by atoms with van der Waals surface area (Å²) in [4.78, 5) is 8.15. The van der Waals surface area contributed by atoms with Gasteiger partial charge in [-0.15, -0.1) is 11.3 Å². The number of hydrogen-bond donors (Lipinski definition) is 0. The molecule has 8 aromatic carbocycles. The molecule has 0 atom stereocenters. The molecule has 0 unspecified atom stereocenters. The molecule has 0 saturated carbocycles. The predicted octanol–water partition coefficient (Wildman–Crippen LogP) is 14.2. The van der Waals surface area contributed by atoms with Crippen LogP contribution in [-0.4, -0.2) is 0 Å². The molecule has 0 N–H and O–H groups in total. The third-order valence-corrected chi connectivity index (χ3v) is 10.8. The van der Waals surface area contributed by atoms with Gasteiger partial charge in [-0.2, -0.15) is 5.26 Å². The SMILES string of the molecule is [C-]#[N+]c1ccc(N(c2ccccc2)c2ccc3c(c2)sc2cc(N(c4ccc(C#N)cc4)c4ccc(-c5ccccc5)cc4)c4ccccc4c23)cc1. The van der Waals surface area contributed by atoms with Crippen molar-refractivity contribution >= 4 is 82.1 Å². The lowest BCUT2D eigenvalue weighted by Gasteiger charge is -2.27. The zero-order valence-corrected chi connectivity index (χ0v) is 29.3. The topological polar surface area (TPSA) is 34.6 Å². The highest BCUT2D eigenvalue weighted by Crippen LogP contribution is 2.48. The van der Waals surface area contributed by atoms with Crippen molar-refractivity contribution in [3.63, 3.8) is 0 Å². The number of rotatable bonds is 7. The van der Waals surface area contributed by atoms with Gasteiger partial charge in [0.05, 0.1) is 23.9 Å². The maximum atomic E-state index is 9.60. The van der Waals surface area contributed by atoms with E-state index in [1.807, 2.05) is 60.7 Å². The van der Waals surface area contributed by atoms with Gasteiger partial charge >= 0.3 is 0 Å². The Hall–Kier alpha value is -7.18. The van der Waals surface area contributed by atoms with Crippen LogP contribution >= 0.6 is 11.3 Å². The van der Waals surface area contributed by atoms with Crippen LogP contribution in [0.4, 0.5) is 39.8 Å². The first kappa shape index (κ1) is 31.8. The minimum absolute atomic E-state index is 0.617.